The fourth-order valence-corrected chi connectivity index (χ4v) is 2.17. The molecule has 0 aliphatic heterocycles. The van der Waals surface area contributed by atoms with Crippen LogP contribution in [-0.2, 0) is 11.2 Å². The second kappa shape index (κ2) is 6.39. The Morgan fingerprint density at radius 1 is 1.47 bits per heavy atom. The fourth-order valence-electron chi connectivity index (χ4n) is 1.30. The Labute approximate surface area is 105 Å². The smallest absolute Gasteiger partial charge is 0.306 e. The zero-order chi connectivity index (χ0) is 12.8. The summed E-state index contributed by atoms with van der Waals surface area (Å²) < 4.78 is 0. The summed E-state index contributed by atoms with van der Waals surface area (Å²) >= 11 is 1.48. The molecule has 1 unspecified atom stereocenters. The van der Waals surface area contributed by atoms with Gasteiger partial charge in [0, 0.05) is 11.4 Å². The number of hydrogen-bond acceptors (Lipinski definition) is 3. The van der Waals surface area contributed by atoms with E-state index in [9.17, 15) is 9.59 Å². The third-order valence-electron chi connectivity index (χ3n) is 2.52. The number of thiophene rings is 1. The third kappa shape index (κ3) is 4.19. The maximum Gasteiger partial charge on any atom is 0.306 e. The Hall–Kier alpha value is -1.36. The van der Waals surface area contributed by atoms with Crippen LogP contribution in [0.2, 0.25) is 0 Å². The van der Waals surface area contributed by atoms with Crippen LogP contribution in [0.25, 0.3) is 0 Å². The summed E-state index contributed by atoms with van der Waals surface area (Å²) in [5.74, 6) is -1.37. The van der Waals surface area contributed by atoms with E-state index in [0.29, 0.717) is 17.8 Å². The Kier molecular flexibility index (Phi) is 5.15. The van der Waals surface area contributed by atoms with E-state index in [1.165, 1.54) is 16.2 Å². The van der Waals surface area contributed by atoms with Crippen molar-refractivity contribution < 1.29 is 14.7 Å². The zero-order valence-electron chi connectivity index (χ0n) is 10.0. The van der Waals surface area contributed by atoms with E-state index in [-0.39, 0.29) is 5.91 Å². The number of carboxylic acid groups (broad SMARTS) is 1. The Morgan fingerprint density at radius 3 is 2.71 bits per heavy atom. The van der Waals surface area contributed by atoms with E-state index in [0.717, 1.165) is 6.42 Å². The Bertz CT molecular complexity index is 400. The van der Waals surface area contributed by atoms with Gasteiger partial charge in [-0.25, -0.2) is 0 Å². The van der Waals surface area contributed by atoms with E-state index in [2.05, 4.69) is 5.32 Å². The molecular formula is C12H17NO3S. The minimum absolute atomic E-state index is 0.118. The molecule has 1 aromatic heterocycles. The molecule has 1 atom stereocenters. The van der Waals surface area contributed by atoms with Gasteiger partial charge >= 0.3 is 5.97 Å². The van der Waals surface area contributed by atoms with Crippen LogP contribution in [0.4, 0.5) is 0 Å². The van der Waals surface area contributed by atoms with Crippen LogP contribution in [0.1, 0.15) is 34.8 Å². The molecule has 1 rings (SSSR count). The van der Waals surface area contributed by atoms with E-state index < -0.39 is 11.9 Å². The average Bonchev–Trinajstić information content (AvgIpc) is 2.77. The summed E-state index contributed by atoms with van der Waals surface area (Å²) in [6.45, 7) is 4.07. The first-order valence-electron chi connectivity index (χ1n) is 5.64. The van der Waals surface area contributed by atoms with Gasteiger partial charge < -0.3 is 10.4 Å². The van der Waals surface area contributed by atoms with Crippen molar-refractivity contribution in [3.63, 3.8) is 0 Å². The van der Waals surface area contributed by atoms with Crippen molar-refractivity contribution in [1.82, 2.24) is 5.32 Å². The largest absolute Gasteiger partial charge is 0.481 e. The quantitative estimate of drug-likeness (QED) is 0.818. The highest BCUT2D eigenvalue weighted by Crippen LogP contribution is 2.16. The van der Waals surface area contributed by atoms with Crippen LogP contribution < -0.4 is 5.32 Å². The van der Waals surface area contributed by atoms with Crippen molar-refractivity contribution >= 4 is 23.2 Å². The van der Waals surface area contributed by atoms with E-state index in [1.54, 1.807) is 13.0 Å². The molecule has 1 amide bonds. The number of rotatable bonds is 6. The van der Waals surface area contributed by atoms with Gasteiger partial charge in [0.15, 0.2) is 0 Å². The predicted octanol–water partition coefficient (Wildman–Crippen LogP) is 2.15. The lowest BCUT2D eigenvalue weighted by Crippen LogP contribution is -2.26. The van der Waals surface area contributed by atoms with Gasteiger partial charge in [-0.3, -0.25) is 9.59 Å². The normalized spacial score (nSPS) is 12.1. The molecule has 0 radical (unpaired) electrons. The highest BCUT2D eigenvalue weighted by Gasteiger charge is 2.12. The van der Waals surface area contributed by atoms with Crippen LogP contribution in [-0.4, -0.2) is 23.5 Å². The lowest BCUT2D eigenvalue weighted by atomic mass is 10.1. The summed E-state index contributed by atoms with van der Waals surface area (Å²) in [5.41, 5.74) is 0. The third-order valence-corrected chi connectivity index (χ3v) is 3.75. The number of aryl methyl sites for hydroxylation is 1. The fraction of sp³-hybridized carbons (Fsp3) is 0.500. The SMILES string of the molecule is CCc1ccc(C(=O)NCCC(C)C(=O)O)s1. The Morgan fingerprint density at radius 2 is 2.18 bits per heavy atom. The van der Waals surface area contributed by atoms with Crippen molar-refractivity contribution in [2.45, 2.75) is 26.7 Å². The molecule has 17 heavy (non-hydrogen) atoms. The van der Waals surface area contributed by atoms with Crippen molar-refractivity contribution in [3.05, 3.63) is 21.9 Å². The maximum atomic E-state index is 11.7. The number of carbonyl (C=O) groups is 2. The first-order valence-corrected chi connectivity index (χ1v) is 6.46. The molecule has 0 aromatic carbocycles. The number of aliphatic carboxylic acids is 1. The second-order valence-corrected chi connectivity index (χ2v) is 5.07. The molecular weight excluding hydrogens is 238 g/mol. The topological polar surface area (TPSA) is 66.4 Å². The minimum Gasteiger partial charge on any atom is -0.481 e. The molecule has 0 fully saturated rings. The van der Waals surface area contributed by atoms with Crippen LogP contribution in [0.5, 0.6) is 0 Å². The van der Waals surface area contributed by atoms with Crippen LogP contribution in [0, 0.1) is 5.92 Å². The molecule has 1 aromatic rings. The van der Waals surface area contributed by atoms with Crippen LogP contribution in [0.3, 0.4) is 0 Å². The second-order valence-electron chi connectivity index (χ2n) is 3.90. The highest BCUT2D eigenvalue weighted by molar-refractivity contribution is 7.14. The molecule has 0 aliphatic rings. The molecule has 0 aliphatic carbocycles. The van der Waals surface area contributed by atoms with Crippen LogP contribution in [0.15, 0.2) is 12.1 Å². The molecule has 94 valence electrons. The van der Waals surface area contributed by atoms with Gasteiger partial charge in [0.1, 0.15) is 0 Å². The summed E-state index contributed by atoms with van der Waals surface area (Å²) in [5, 5.41) is 11.4. The molecule has 4 nitrogen and oxygen atoms in total. The Balaban J connectivity index is 2.37. The van der Waals surface area contributed by atoms with Gasteiger partial charge in [-0.2, -0.15) is 0 Å². The minimum atomic E-state index is -0.830. The van der Waals surface area contributed by atoms with Crippen molar-refractivity contribution in [1.29, 1.82) is 0 Å². The van der Waals surface area contributed by atoms with Gasteiger partial charge in [-0.05, 0) is 25.0 Å². The molecule has 0 saturated carbocycles. The van der Waals surface area contributed by atoms with Gasteiger partial charge in [0.2, 0.25) is 0 Å². The standard InChI is InChI=1S/C12H17NO3S/c1-3-9-4-5-10(17-9)11(14)13-7-6-8(2)12(15)16/h4-5,8H,3,6-7H2,1-2H3,(H,13,14)(H,15,16). The van der Waals surface area contributed by atoms with E-state index in [1.807, 2.05) is 13.0 Å². The summed E-state index contributed by atoms with van der Waals surface area (Å²) in [6.07, 6.45) is 1.38. The van der Waals surface area contributed by atoms with E-state index in [4.69, 9.17) is 5.11 Å². The van der Waals surface area contributed by atoms with Gasteiger partial charge in [0.05, 0.1) is 10.8 Å². The number of nitrogens with one attached hydrogen (secondary N) is 1. The lowest BCUT2D eigenvalue weighted by molar-refractivity contribution is -0.141. The summed E-state index contributed by atoms with van der Waals surface area (Å²) in [6, 6.07) is 3.75. The summed E-state index contributed by atoms with van der Waals surface area (Å²) in [7, 11) is 0. The molecule has 2 N–H and O–H groups in total. The first kappa shape index (κ1) is 13.7. The van der Waals surface area contributed by atoms with Crippen molar-refractivity contribution in [2.24, 2.45) is 5.92 Å². The number of hydrogen-bond donors (Lipinski definition) is 2. The van der Waals surface area contributed by atoms with Gasteiger partial charge in [0.25, 0.3) is 5.91 Å². The molecule has 1 heterocycles. The highest BCUT2D eigenvalue weighted by atomic mass is 32.1. The van der Waals surface area contributed by atoms with Crippen LogP contribution >= 0.6 is 11.3 Å². The maximum absolute atomic E-state index is 11.7. The first-order chi connectivity index (χ1) is 8.04. The lowest BCUT2D eigenvalue weighted by Gasteiger charge is -2.06. The van der Waals surface area contributed by atoms with Crippen molar-refractivity contribution in [3.8, 4) is 0 Å². The van der Waals surface area contributed by atoms with E-state index >= 15 is 0 Å². The number of carbonyl (C=O) groups excluding carboxylic acids is 1. The average molecular weight is 255 g/mol. The van der Waals surface area contributed by atoms with Crippen molar-refractivity contribution in [2.75, 3.05) is 6.54 Å². The summed E-state index contributed by atoms with van der Waals surface area (Å²) in [4.78, 5) is 24.1. The molecule has 0 spiro atoms. The predicted molar refractivity (Wildman–Crippen MR) is 67.4 cm³/mol. The monoisotopic (exact) mass is 255 g/mol. The molecule has 0 bridgehead atoms. The molecule has 5 heteroatoms. The number of amides is 1. The van der Waals surface area contributed by atoms with Gasteiger partial charge in [-0.15, -0.1) is 11.3 Å². The number of carboxylic acids is 1. The molecule has 0 saturated heterocycles. The van der Waals surface area contributed by atoms with Gasteiger partial charge in [-0.1, -0.05) is 13.8 Å². The zero-order valence-corrected chi connectivity index (χ0v) is 10.8.